The molecular formula is C19H14N2O3S2. The Morgan fingerprint density at radius 2 is 2.04 bits per heavy atom. The SMILES string of the molecule is COc1ccc(-c2cncc3cc(C=C4SC(=S)N(C)C4=O)oc23)cc1. The Bertz CT molecular complexity index is 1050. The molecule has 0 saturated carbocycles. The van der Waals surface area contributed by atoms with Crippen molar-refractivity contribution in [2.75, 3.05) is 14.2 Å². The first-order chi connectivity index (χ1) is 12.6. The van der Waals surface area contributed by atoms with Crippen LogP contribution in [0.25, 0.3) is 28.2 Å². The van der Waals surface area contributed by atoms with Gasteiger partial charge in [-0.2, -0.15) is 0 Å². The fourth-order valence-electron chi connectivity index (χ4n) is 2.70. The number of carbonyl (C=O) groups excluding carboxylic acids is 1. The number of pyridine rings is 1. The van der Waals surface area contributed by atoms with Gasteiger partial charge in [-0.3, -0.25) is 14.7 Å². The number of likely N-dealkylation sites (N-methyl/N-ethyl adjacent to an activating group) is 1. The Hall–Kier alpha value is -2.64. The highest BCUT2D eigenvalue weighted by molar-refractivity contribution is 8.26. The number of hydrogen-bond donors (Lipinski definition) is 0. The molecule has 3 heterocycles. The first-order valence-electron chi connectivity index (χ1n) is 7.80. The minimum atomic E-state index is -0.117. The molecule has 26 heavy (non-hydrogen) atoms. The second-order valence-corrected chi connectivity index (χ2v) is 7.40. The highest BCUT2D eigenvalue weighted by Crippen LogP contribution is 2.35. The van der Waals surface area contributed by atoms with Crippen LogP contribution in [-0.4, -0.2) is 34.3 Å². The van der Waals surface area contributed by atoms with Crippen LogP contribution in [0.2, 0.25) is 0 Å². The van der Waals surface area contributed by atoms with E-state index in [0.29, 0.717) is 15.0 Å². The molecule has 1 saturated heterocycles. The van der Waals surface area contributed by atoms with Gasteiger partial charge in [0.25, 0.3) is 5.91 Å². The second kappa shape index (κ2) is 6.59. The maximum Gasteiger partial charge on any atom is 0.266 e. The molecule has 0 radical (unpaired) electrons. The lowest BCUT2D eigenvalue weighted by Gasteiger charge is -2.04. The van der Waals surface area contributed by atoms with Gasteiger partial charge in [-0.05, 0) is 23.8 Å². The number of rotatable bonds is 3. The lowest BCUT2D eigenvalue weighted by molar-refractivity contribution is -0.121. The monoisotopic (exact) mass is 382 g/mol. The minimum Gasteiger partial charge on any atom is -0.497 e. The third-order valence-corrected chi connectivity index (χ3v) is 5.59. The number of thiocarbonyl (C=S) groups is 1. The van der Waals surface area contributed by atoms with Crippen LogP contribution in [0.4, 0.5) is 0 Å². The highest BCUT2D eigenvalue weighted by Gasteiger charge is 2.29. The molecule has 5 nitrogen and oxygen atoms in total. The van der Waals surface area contributed by atoms with Crippen LogP contribution in [0.1, 0.15) is 5.76 Å². The largest absolute Gasteiger partial charge is 0.497 e. The van der Waals surface area contributed by atoms with Crippen molar-refractivity contribution in [3.63, 3.8) is 0 Å². The summed E-state index contributed by atoms with van der Waals surface area (Å²) in [6.45, 7) is 0. The number of methoxy groups -OCH3 is 1. The number of amides is 1. The van der Waals surface area contributed by atoms with E-state index >= 15 is 0 Å². The summed E-state index contributed by atoms with van der Waals surface area (Å²) in [6, 6.07) is 9.58. The fraction of sp³-hybridized carbons (Fsp3) is 0.105. The number of benzene rings is 1. The van der Waals surface area contributed by atoms with Crippen LogP contribution in [0.15, 0.2) is 52.0 Å². The normalized spacial score (nSPS) is 16.1. The van der Waals surface area contributed by atoms with E-state index in [1.54, 1.807) is 32.6 Å². The summed E-state index contributed by atoms with van der Waals surface area (Å²) in [6.07, 6.45) is 5.23. The molecule has 7 heteroatoms. The van der Waals surface area contributed by atoms with E-state index in [2.05, 4.69) is 4.98 Å². The standard InChI is InChI=1S/C19H14N2O3S2/c1-21-18(22)16(26-19(21)25)8-14-7-12-9-20-10-15(17(12)24-14)11-3-5-13(23-2)6-4-11/h3-10H,1-2H3. The van der Waals surface area contributed by atoms with Crippen molar-refractivity contribution in [2.24, 2.45) is 0 Å². The predicted octanol–water partition coefficient (Wildman–Crippen LogP) is 4.33. The van der Waals surface area contributed by atoms with Crippen LogP contribution in [0.5, 0.6) is 5.75 Å². The molecule has 0 N–H and O–H groups in total. The Morgan fingerprint density at radius 3 is 2.69 bits per heavy atom. The number of thioether (sulfide) groups is 1. The van der Waals surface area contributed by atoms with Crippen LogP contribution >= 0.6 is 24.0 Å². The van der Waals surface area contributed by atoms with Crippen molar-refractivity contribution in [1.82, 2.24) is 9.88 Å². The molecular weight excluding hydrogens is 368 g/mol. The molecule has 0 bridgehead atoms. The lowest BCUT2D eigenvalue weighted by atomic mass is 10.1. The molecule has 0 spiro atoms. The molecule has 130 valence electrons. The summed E-state index contributed by atoms with van der Waals surface area (Å²) >= 11 is 6.43. The summed E-state index contributed by atoms with van der Waals surface area (Å²) in [7, 11) is 3.30. The van der Waals surface area contributed by atoms with Gasteiger partial charge >= 0.3 is 0 Å². The van der Waals surface area contributed by atoms with E-state index in [1.807, 2.05) is 30.3 Å². The van der Waals surface area contributed by atoms with E-state index in [1.165, 1.54) is 16.7 Å². The lowest BCUT2D eigenvalue weighted by Crippen LogP contribution is -2.22. The van der Waals surface area contributed by atoms with Crippen molar-refractivity contribution in [2.45, 2.75) is 0 Å². The fourth-order valence-corrected chi connectivity index (χ4v) is 3.86. The van der Waals surface area contributed by atoms with E-state index < -0.39 is 0 Å². The first-order valence-corrected chi connectivity index (χ1v) is 9.03. The molecule has 0 unspecified atom stereocenters. The maximum atomic E-state index is 12.2. The number of fused-ring (bicyclic) bond motifs is 1. The van der Waals surface area contributed by atoms with Crippen LogP contribution in [0, 0.1) is 0 Å². The molecule has 1 amide bonds. The van der Waals surface area contributed by atoms with Crippen molar-refractivity contribution >= 4 is 51.3 Å². The topological polar surface area (TPSA) is 55.6 Å². The van der Waals surface area contributed by atoms with Gasteiger partial charge in [0.05, 0.1) is 12.0 Å². The van der Waals surface area contributed by atoms with E-state index in [-0.39, 0.29) is 5.91 Å². The molecule has 1 aliphatic heterocycles. The predicted molar refractivity (Wildman–Crippen MR) is 107 cm³/mol. The smallest absolute Gasteiger partial charge is 0.266 e. The number of furan rings is 1. The van der Waals surface area contributed by atoms with Gasteiger partial charge in [-0.1, -0.05) is 36.1 Å². The Labute approximate surface area is 159 Å². The molecule has 1 aromatic carbocycles. The van der Waals surface area contributed by atoms with Gasteiger partial charge in [0.1, 0.15) is 21.4 Å². The van der Waals surface area contributed by atoms with Crippen molar-refractivity contribution < 1.29 is 13.9 Å². The highest BCUT2D eigenvalue weighted by atomic mass is 32.2. The molecule has 1 aliphatic rings. The summed E-state index contributed by atoms with van der Waals surface area (Å²) in [5.41, 5.74) is 2.58. The molecule has 4 rings (SSSR count). The quantitative estimate of drug-likeness (QED) is 0.496. The van der Waals surface area contributed by atoms with E-state index in [9.17, 15) is 4.79 Å². The van der Waals surface area contributed by atoms with E-state index in [4.69, 9.17) is 21.4 Å². The maximum absolute atomic E-state index is 12.2. The Kier molecular flexibility index (Phi) is 4.26. The minimum absolute atomic E-state index is 0.117. The van der Waals surface area contributed by atoms with Crippen LogP contribution in [-0.2, 0) is 4.79 Å². The summed E-state index contributed by atoms with van der Waals surface area (Å²) < 4.78 is 11.8. The average Bonchev–Trinajstić information content (AvgIpc) is 3.18. The van der Waals surface area contributed by atoms with Crippen LogP contribution < -0.4 is 4.74 Å². The second-order valence-electron chi connectivity index (χ2n) is 5.72. The first kappa shape index (κ1) is 16.8. The van der Waals surface area contributed by atoms with Crippen molar-refractivity contribution in [3.8, 4) is 16.9 Å². The molecule has 1 fully saturated rings. The third kappa shape index (κ3) is 2.89. The zero-order chi connectivity index (χ0) is 18.3. The number of aromatic nitrogens is 1. The number of hydrogen-bond acceptors (Lipinski definition) is 6. The zero-order valence-electron chi connectivity index (χ0n) is 14.1. The van der Waals surface area contributed by atoms with Crippen molar-refractivity contribution in [1.29, 1.82) is 0 Å². The van der Waals surface area contributed by atoms with Gasteiger partial charge < -0.3 is 9.15 Å². The average molecular weight is 382 g/mol. The molecule has 2 aromatic heterocycles. The zero-order valence-corrected chi connectivity index (χ0v) is 15.7. The Balaban J connectivity index is 1.76. The van der Waals surface area contributed by atoms with Gasteiger partial charge in [0.15, 0.2) is 0 Å². The van der Waals surface area contributed by atoms with Gasteiger partial charge in [-0.25, -0.2) is 0 Å². The number of ether oxygens (including phenoxy) is 1. The molecule has 3 aromatic rings. The van der Waals surface area contributed by atoms with E-state index in [0.717, 1.165) is 27.8 Å². The van der Waals surface area contributed by atoms with Gasteiger partial charge in [-0.15, -0.1) is 0 Å². The van der Waals surface area contributed by atoms with Gasteiger partial charge in [0.2, 0.25) is 0 Å². The summed E-state index contributed by atoms with van der Waals surface area (Å²) in [5.74, 6) is 1.27. The van der Waals surface area contributed by atoms with Crippen LogP contribution in [0.3, 0.4) is 0 Å². The summed E-state index contributed by atoms with van der Waals surface area (Å²) in [5, 5.41) is 0.872. The van der Waals surface area contributed by atoms with Crippen molar-refractivity contribution in [3.05, 3.63) is 53.4 Å². The third-order valence-electron chi connectivity index (χ3n) is 4.10. The van der Waals surface area contributed by atoms with Gasteiger partial charge in [0, 0.05) is 36.5 Å². The molecule has 0 atom stereocenters. The number of nitrogens with zero attached hydrogens (tertiary/aromatic N) is 2. The molecule has 0 aliphatic carbocycles. The Morgan fingerprint density at radius 1 is 1.27 bits per heavy atom. The number of carbonyl (C=O) groups is 1. The summed E-state index contributed by atoms with van der Waals surface area (Å²) in [4.78, 5) is 18.5.